The lowest BCUT2D eigenvalue weighted by molar-refractivity contribution is -0.117. The fourth-order valence-electron chi connectivity index (χ4n) is 4.90. The molecule has 1 unspecified atom stereocenters. The van der Waals surface area contributed by atoms with Gasteiger partial charge in [-0.25, -0.2) is 0 Å². The maximum atomic E-state index is 12.9. The Labute approximate surface area is 251 Å². The number of nitrogens with one attached hydrogen (secondary N) is 1. The van der Waals surface area contributed by atoms with Gasteiger partial charge in [0.05, 0.1) is 33.7 Å². The summed E-state index contributed by atoms with van der Waals surface area (Å²) in [4.78, 5) is 31.1. The lowest BCUT2D eigenvalue weighted by Gasteiger charge is -2.26. The number of nitrogens with zero attached hydrogens (tertiary/aromatic N) is 3. The molecule has 40 heavy (non-hydrogen) atoms. The number of ketones is 1. The Balaban J connectivity index is 1.44. The average molecular weight is 602 g/mol. The van der Waals surface area contributed by atoms with E-state index in [1.54, 1.807) is 32.3 Å². The fraction of sp³-hybridized carbons (Fsp3) is 0.355. The number of carbonyl (C=O) groups excluding carboxylic acids is 2. The van der Waals surface area contributed by atoms with Crippen molar-refractivity contribution in [1.29, 1.82) is 0 Å². The zero-order valence-electron chi connectivity index (χ0n) is 23.1. The molecule has 3 aromatic carbocycles. The molecule has 1 N–H and O–H groups in total. The van der Waals surface area contributed by atoms with Gasteiger partial charge in [-0.3, -0.25) is 9.59 Å². The number of likely N-dealkylation sites (tertiary alicyclic amines) is 1. The van der Waals surface area contributed by atoms with Gasteiger partial charge in [0.1, 0.15) is 0 Å². The number of hydrogen-bond donors (Lipinski definition) is 1. The third-order valence-electron chi connectivity index (χ3n) is 7.19. The lowest BCUT2D eigenvalue weighted by Crippen LogP contribution is -2.39. The summed E-state index contributed by atoms with van der Waals surface area (Å²) in [5.74, 6) is -0.0425. The molecule has 3 aromatic rings. The Bertz CT molecular complexity index is 1340. The van der Waals surface area contributed by atoms with Gasteiger partial charge in [-0.15, -0.1) is 0 Å². The normalized spacial score (nSPS) is 14.2. The van der Waals surface area contributed by atoms with Gasteiger partial charge in [-0.05, 0) is 73.0 Å². The molecule has 1 amide bonds. The van der Waals surface area contributed by atoms with Gasteiger partial charge in [-0.2, -0.15) is 0 Å². The Hall–Kier alpha value is -2.61. The van der Waals surface area contributed by atoms with Gasteiger partial charge in [0.25, 0.3) is 5.91 Å². The summed E-state index contributed by atoms with van der Waals surface area (Å²) in [6, 6.07) is 19.2. The van der Waals surface area contributed by atoms with Crippen LogP contribution in [0.2, 0.25) is 15.1 Å². The van der Waals surface area contributed by atoms with Crippen molar-refractivity contribution in [2.75, 3.05) is 58.8 Å². The van der Waals surface area contributed by atoms with Crippen LogP contribution in [0.3, 0.4) is 0 Å². The molecule has 0 bridgehead atoms. The maximum absolute atomic E-state index is 12.9. The van der Waals surface area contributed by atoms with Crippen molar-refractivity contribution in [2.45, 2.75) is 18.9 Å². The molecule has 4 rings (SSSR count). The smallest absolute Gasteiger partial charge is 0.254 e. The molecule has 1 saturated heterocycles. The summed E-state index contributed by atoms with van der Waals surface area (Å²) in [5, 5.41) is 4.89. The fourth-order valence-corrected chi connectivity index (χ4v) is 5.45. The van der Waals surface area contributed by atoms with Crippen LogP contribution < -0.4 is 10.2 Å². The minimum Gasteiger partial charge on any atom is -0.367 e. The first kappa shape index (κ1) is 30.4. The largest absolute Gasteiger partial charge is 0.367 e. The second-order valence-corrected chi connectivity index (χ2v) is 11.7. The highest BCUT2D eigenvalue weighted by Crippen LogP contribution is 2.29. The van der Waals surface area contributed by atoms with Crippen LogP contribution in [0, 0.1) is 0 Å². The van der Waals surface area contributed by atoms with Crippen molar-refractivity contribution in [3.63, 3.8) is 0 Å². The van der Waals surface area contributed by atoms with E-state index in [4.69, 9.17) is 34.8 Å². The van der Waals surface area contributed by atoms with Crippen LogP contribution >= 0.6 is 34.8 Å². The van der Waals surface area contributed by atoms with Gasteiger partial charge in [0.2, 0.25) is 0 Å². The summed E-state index contributed by atoms with van der Waals surface area (Å²) < 4.78 is 0. The Morgan fingerprint density at radius 3 is 2.15 bits per heavy atom. The van der Waals surface area contributed by atoms with Crippen LogP contribution in [0.5, 0.6) is 0 Å². The van der Waals surface area contributed by atoms with Crippen molar-refractivity contribution in [1.82, 2.24) is 15.1 Å². The highest BCUT2D eigenvalue weighted by Gasteiger charge is 2.21. The molecule has 1 atom stereocenters. The van der Waals surface area contributed by atoms with Crippen LogP contribution in [-0.4, -0.2) is 75.4 Å². The molecule has 212 valence electrons. The summed E-state index contributed by atoms with van der Waals surface area (Å²) in [6.07, 6.45) is 2.40. The van der Waals surface area contributed by atoms with Crippen molar-refractivity contribution in [2.24, 2.45) is 0 Å². The Kier molecular flexibility index (Phi) is 10.5. The molecule has 0 radical (unpaired) electrons. The van der Waals surface area contributed by atoms with E-state index < -0.39 is 0 Å². The molecule has 9 heteroatoms. The first-order valence-corrected chi connectivity index (χ1v) is 14.5. The molecule has 6 nitrogen and oxygen atoms in total. The highest BCUT2D eigenvalue weighted by atomic mass is 35.5. The molecular weight excluding hydrogens is 567 g/mol. The topological polar surface area (TPSA) is 55.9 Å². The van der Waals surface area contributed by atoms with Crippen LogP contribution in [0.1, 0.15) is 34.8 Å². The van der Waals surface area contributed by atoms with Crippen molar-refractivity contribution >= 4 is 52.2 Å². The summed E-state index contributed by atoms with van der Waals surface area (Å²) >= 11 is 18.6. The lowest BCUT2D eigenvalue weighted by atomic mass is 9.99. The number of rotatable bonds is 11. The van der Waals surface area contributed by atoms with E-state index in [1.165, 1.54) is 17.7 Å². The van der Waals surface area contributed by atoms with Crippen LogP contribution in [0.15, 0.2) is 60.7 Å². The van der Waals surface area contributed by atoms with Gasteiger partial charge in [-0.1, -0.05) is 65.1 Å². The number of Topliss-reactive ketones (excluding diaryl/α,β-unsaturated/α-hetero) is 1. The third kappa shape index (κ3) is 7.77. The van der Waals surface area contributed by atoms with E-state index in [1.807, 2.05) is 30.1 Å². The monoisotopic (exact) mass is 600 g/mol. The van der Waals surface area contributed by atoms with Gasteiger partial charge in [0, 0.05) is 39.4 Å². The van der Waals surface area contributed by atoms with Gasteiger partial charge in [0.15, 0.2) is 5.78 Å². The summed E-state index contributed by atoms with van der Waals surface area (Å²) in [7, 11) is 5.28. The second kappa shape index (κ2) is 13.8. The number of hydrogen-bond acceptors (Lipinski definition) is 5. The zero-order chi connectivity index (χ0) is 28.8. The van der Waals surface area contributed by atoms with E-state index in [-0.39, 0.29) is 30.8 Å². The summed E-state index contributed by atoms with van der Waals surface area (Å²) in [5.41, 5.74) is 4.39. The number of amides is 1. The van der Waals surface area contributed by atoms with E-state index in [0.29, 0.717) is 20.6 Å². The highest BCUT2D eigenvalue weighted by molar-refractivity contribution is 6.42. The van der Waals surface area contributed by atoms with E-state index >= 15 is 0 Å². The number of halogens is 3. The average Bonchev–Trinajstić information content (AvgIpc) is 3.45. The van der Waals surface area contributed by atoms with Gasteiger partial charge < -0.3 is 20.0 Å². The maximum Gasteiger partial charge on any atom is 0.254 e. The molecule has 1 aliphatic rings. The van der Waals surface area contributed by atoms with E-state index in [9.17, 15) is 9.59 Å². The number of carbonyl (C=O) groups is 2. The molecular formula is C31H35Cl3N4O2. The predicted molar refractivity (Wildman–Crippen MR) is 166 cm³/mol. The summed E-state index contributed by atoms with van der Waals surface area (Å²) in [6.45, 7) is 3.49. The van der Waals surface area contributed by atoms with Crippen LogP contribution in [0.25, 0.3) is 11.1 Å². The van der Waals surface area contributed by atoms with Crippen molar-refractivity contribution < 1.29 is 9.59 Å². The Morgan fingerprint density at radius 1 is 0.850 bits per heavy atom. The zero-order valence-corrected chi connectivity index (χ0v) is 25.4. The minimum atomic E-state index is -0.125. The second-order valence-electron chi connectivity index (χ2n) is 10.5. The van der Waals surface area contributed by atoms with Crippen LogP contribution in [0.4, 0.5) is 5.69 Å². The van der Waals surface area contributed by atoms with Gasteiger partial charge >= 0.3 is 0 Å². The molecule has 1 fully saturated rings. The SMILES string of the molecule is CN(C)C(=O)c1ccc(-c2ccc(C(CN3CCCC3)NCC(=O)CN(C)c3ccc(Cl)c(Cl)c3)cc2)cc1Cl. The number of benzene rings is 3. The number of anilines is 1. The first-order valence-electron chi connectivity index (χ1n) is 13.4. The predicted octanol–water partition coefficient (Wildman–Crippen LogP) is 6.45. The molecule has 0 saturated carbocycles. The van der Waals surface area contributed by atoms with E-state index in [2.05, 4.69) is 34.5 Å². The molecule has 1 heterocycles. The van der Waals surface area contributed by atoms with E-state index in [0.717, 1.165) is 42.0 Å². The first-order chi connectivity index (χ1) is 19.1. The quantitative estimate of drug-likeness (QED) is 0.274. The van der Waals surface area contributed by atoms with Crippen molar-refractivity contribution in [3.8, 4) is 11.1 Å². The van der Waals surface area contributed by atoms with Crippen LogP contribution in [-0.2, 0) is 4.79 Å². The molecule has 0 spiro atoms. The molecule has 0 aliphatic carbocycles. The van der Waals surface area contributed by atoms with Crippen molar-refractivity contribution in [3.05, 3.63) is 86.9 Å². The Morgan fingerprint density at radius 2 is 1.52 bits per heavy atom. The number of likely N-dealkylation sites (N-methyl/N-ethyl adjacent to an activating group) is 1. The minimum absolute atomic E-state index is 0.00931. The molecule has 1 aliphatic heterocycles. The third-order valence-corrected chi connectivity index (χ3v) is 8.25. The molecule has 0 aromatic heterocycles. The standard InChI is InChI=1S/C31H35Cl3N4O2/c1-36(2)31(40)26-12-10-23(16-28(26)33)21-6-8-22(9-7-21)30(20-38-14-4-5-15-38)35-18-25(39)19-37(3)24-11-13-27(32)29(34)17-24/h6-13,16-17,30,35H,4-5,14-15,18-20H2,1-3H3.